The number of aromatic nitrogens is 4. The molecule has 6 aromatic rings. The van der Waals surface area contributed by atoms with Crippen LogP contribution in [0.1, 0.15) is 23.9 Å². The third kappa shape index (κ3) is 4.28. The van der Waals surface area contributed by atoms with E-state index in [9.17, 15) is 4.79 Å². The molecule has 0 radical (unpaired) electrons. The minimum atomic E-state index is -1.33. The van der Waals surface area contributed by atoms with Gasteiger partial charge in [0.05, 0.1) is 22.1 Å². The highest BCUT2D eigenvalue weighted by Crippen LogP contribution is 2.32. The summed E-state index contributed by atoms with van der Waals surface area (Å²) in [6.07, 6.45) is -0.517. The molecule has 0 bridgehead atoms. The van der Waals surface area contributed by atoms with Gasteiger partial charge in [-0.25, -0.2) is 14.8 Å². The first-order valence-corrected chi connectivity index (χ1v) is 12.5. The number of ether oxygens (including phenoxy) is 1. The van der Waals surface area contributed by atoms with Crippen LogP contribution in [0.25, 0.3) is 44.6 Å². The number of hydrogen-bond donors (Lipinski definition) is 2. The predicted molar refractivity (Wildman–Crippen MR) is 149 cm³/mol. The minimum Gasteiger partial charge on any atom is -0.449 e. The largest absolute Gasteiger partial charge is 0.511 e. The summed E-state index contributed by atoms with van der Waals surface area (Å²) in [5.74, 6) is 2.18. The van der Waals surface area contributed by atoms with E-state index in [1.54, 1.807) is 12.1 Å². The van der Waals surface area contributed by atoms with Crippen molar-refractivity contribution in [3.05, 3.63) is 102 Å². The Balaban J connectivity index is 1.37. The second kappa shape index (κ2) is 9.52. The van der Waals surface area contributed by atoms with Crippen molar-refractivity contribution >= 4 is 28.2 Å². The van der Waals surface area contributed by atoms with Crippen molar-refractivity contribution < 1.29 is 14.6 Å². The molecular weight excluding hydrogens is 476 g/mol. The number of imidazole rings is 2. The van der Waals surface area contributed by atoms with Gasteiger partial charge in [-0.15, -0.1) is 0 Å². The lowest BCUT2D eigenvalue weighted by molar-refractivity contribution is 0.144. The van der Waals surface area contributed by atoms with Crippen LogP contribution in [-0.4, -0.2) is 30.8 Å². The maximum atomic E-state index is 11.1. The summed E-state index contributed by atoms with van der Waals surface area (Å²) in [6.45, 7) is 4.88. The number of fused-ring (bicyclic) bond motifs is 2. The molecule has 0 amide bonds. The van der Waals surface area contributed by atoms with Gasteiger partial charge in [0.25, 0.3) is 0 Å². The van der Waals surface area contributed by atoms with E-state index in [0.717, 1.165) is 68.0 Å². The van der Waals surface area contributed by atoms with Crippen LogP contribution in [-0.2, 0) is 13.0 Å². The van der Waals surface area contributed by atoms with E-state index in [2.05, 4.69) is 47.7 Å². The fraction of sp³-hybridized carbons (Fsp3) is 0.129. The molecule has 0 aliphatic carbocycles. The van der Waals surface area contributed by atoms with Crippen LogP contribution in [0.5, 0.6) is 5.75 Å². The molecular formula is C31H26N4O3. The van der Waals surface area contributed by atoms with Crippen LogP contribution in [0.3, 0.4) is 0 Å². The standard InChI is InChI=1S/C31H26N4O3/c1-3-28-34-29-19(2)16-22(30-32-24-9-5-6-10-25(24)33-30)17-26(29)35(28)18-20-12-14-21(15-13-20)23-8-4-7-11-27(23)38-31(36)37/h4-17H,3,18H2,1-2H3,(H,32,33)(H,36,37). The van der Waals surface area contributed by atoms with Gasteiger partial charge in [-0.3, -0.25) is 0 Å². The van der Waals surface area contributed by atoms with Crippen molar-refractivity contribution in [2.24, 2.45) is 0 Å². The number of rotatable bonds is 6. The number of H-pyrrole nitrogens is 1. The lowest BCUT2D eigenvalue weighted by atomic mass is 10.0. The molecule has 0 saturated carbocycles. The summed E-state index contributed by atoms with van der Waals surface area (Å²) in [4.78, 5) is 24.3. The number of para-hydroxylation sites is 3. The van der Waals surface area contributed by atoms with Crippen LogP contribution in [0, 0.1) is 6.92 Å². The summed E-state index contributed by atoms with van der Waals surface area (Å²) in [5.41, 5.74) is 8.90. The van der Waals surface area contributed by atoms with E-state index in [1.807, 2.05) is 48.5 Å². The van der Waals surface area contributed by atoms with Crippen molar-refractivity contribution in [2.75, 3.05) is 0 Å². The van der Waals surface area contributed by atoms with Crippen molar-refractivity contribution in [1.82, 2.24) is 19.5 Å². The zero-order chi connectivity index (χ0) is 26.2. The van der Waals surface area contributed by atoms with Gasteiger partial charge >= 0.3 is 6.16 Å². The van der Waals surface area contributed by atoms with Gasteiger partial charge in [0.1, 0.15) is 17.4 Å². The van der Waals surface area contributed by atoms with E-state index in [4.69, 9.17) is 19.8 Å². The number of carbonyl (C=O) groups is 1. The van der Waals surface area contributed by atoms with Gasteiger partial charge < -0.3 is 19.4 Å². The Bertz CT molecular complexity index is 1770. The number of hydrogen-bond acceptors (Lipinski definition) is 4. The lowest BCUT2D eigenvalue weighted by Gasteiger charge is -2.12. The maximum Gasteiger partial charge on any atom is 0.511 e. The summed E-state index contributed by atoms with van der Waals surface area (Å²) >= 11 is 0. The Labute approximate surface area is 219 Å². The molecule has 2 N–H and O–H groups in total. The lowest BCUT2D eigenvalue weighted by Crippen LogP contribution is -2.05. The van der Waals surface area contributed by atoms with E-state index in [-0.39, 0.29) is 0 Å². The molecule has 7 heteroatoms. The van der Waals surface area contributed by atoms with Crippen LogP contribution in [0.4, 0.5) is 4.79 Å². The average molecular weight is 503 g/mol. The van der Waals surface area contributed by atoms with Gasteiger partial charge in [0.15, 0.2) is 0 Å². The molecule has 38 heavy (non-hydrogen) atoms. The van der Waals surface area contributed by atoms with Gasteiger partial charge in [0.2, 0.25) is 0 Å². The molecule has 0 fully saturated rings. The maximum absolute atomic E-state index is 11.1. The van der Waals surface area contributed by atoms with E-state index >= 15 is 0 Å². The first-order valence-electron chi connectivity index (χ1n) is 12.5. The fourth-order valence-corrected chi connectivity index (χ4v) is 4.97. The summed E-state index contributed by atoms with van der Waals surface area (Å²) in [7, 11) is 0. The molecule has 0 aliphatic heterocycles. The normalized spacial score (nSPS) is 11.3. The molecule has 0 unspecified atom stereocenters. The van der Waals surface area contributed by atoms with Crippen molar-refractivity contribution in [1.29, 1.82) is 0 Å². The third-order valence-corrected chi connectivity index (χ3v) is 6.79. The topological polar surface area (TPSA) is 93.0 Å². The molecule has 2 aromatic heterocycles. The first-order chi connectivity index (χ1) is 18.5. The summed E-state index contributed by atoms with van der Waals surface area (Å²) < 4.78 is 7.24. The van der Waals surface area contributed by atoms with Gasteiger partial charge in [-0.05, 0) is 53.9 Å². The smallest absolute Gasteiger partial charge is 0.449 e. The van der Waals surface area contributed by atoms with Crippen LogP contribution in [0.2, 0.25) is 0 Å². The highest BCUT2D eigenvalue weighted by atomic mass is 16.7. The number of nitrogens with one attached hydrogen (secondary N) is 1. The van der Waals surface area contributed by atoms with Crippen molar-refractivity contribution in [2.45, 2.75) is 26.8 Å². The SMILES string of the molecule is CCc1nc2c(C)cc(-c3nc4ccccc4[nH]3)cc2n1Cc1ccc(-c2ccccc2OC(=O)O)cc1. The number of carboxylic acid groups (broad SMARTS) is 1. The zero-order valence-electron chi connectivity index (χ0n) is 21.1. The average Bonchev–Trinajstić information content (AvgIpc) is 3.51. The molecule has 7 nitrogen and oxygen atoms in total. The quantitative estimate of drug-likeness (QED) is 0.185. The van der Waals surface area contributed by atoms with Crippen LogP contribution >= 0.6 is 0 Å². The molecule has 188 valence electrons. The molecule has 6 rings (SSSR count). The number of benzene rings is 4. The Hall–Kier alpha value is -4.91. The van der Waals surface area contributed by atoms with Gasteiger partial charge in [-0.1, -0.05) is 61.5 Å². The number of aryl methyl sites for hydroxylation is 2. The molecule has 0 atom stereocenters. The second-order valence-electron chi connectivity index (χ2n) is 9.29. The highest BCUT2D eigenvalue weighted by Gasteiger charge is 2.16. The molecule has 2 heterocycles. The van der Waals surface area contributed by atoms with E-state index in [1.165, 1.54) is 0 Å². The van der Waals surface area contributed by atoms with Crippen molar-refractivity contribution in [3.8, 4) is 28.3 Å². The Kier molecular flexibility index (Phi) is 5.88. The van der Waals surface area contributed by atoms with Crippen molar-refractivity contribution in [3.63, 3.8) is 0 Å². The van der Waals surface area contributed by atoms with Gasteiger partial charge in [-0.2, -0.15) is 0 Å². The number of aromatic amines is 1. The molecule has 0 saturated heterocycles. The monoisotopic (exact) mass is 502 g/mol. The predicted octanol–water partition coefficient (Wildman–Crippen LogP) is 7.22. The van der Waals surface area contributed by atoms with E-state index in [0.29, 0.717) is 12.3 Å². The Morgan fingerprint density at radius 3 is 2.47 bits per heavy atom. The highest BCUT2D eigenvalue weighted by molar-refractivity contribution is 5.87. The minimum absolute atomic E-state index is 0.315. The number of nitrogens with zero attached hydrogens (tertiary/aromatic N) is 3. The summed E-state index contributed by atoms with van der Waals surface area (Å²) in [5, 5.41) is 9.07. The second-order valence-corrected chi connectivity index (χ2v) is 9.29. The fourth-order valence-electron chi connectivity index (χ4n) is 4.97. The Morgan fingerprint density at radius 2 is 1.71 bits per heavy atom. The van der Waals surface area contributed by atoms with Crippen LogP contribution in [0.15, 0.2) is 84.9 Å². The zero-order valence-corrected chi connectivity index (χ0v) is 21.1. The Morgan fingerprint density at radius 1 is 0.947 bits per heavy atom. The van der Waals surface area contributed by atoms with Crippen LogP contribution < -0.4 is 4.74 Å². The summed E-state index contributed by atoms with van der Waals surface area (Å²) in [6, 6.07) is 27.6. The molecule has 0 aliphatic rings. The van der Waals surface area contributed by atoms with E-state index < -0.39 is 6.16 Å². The molecule has 0 spiro atoms. The first kappa shape index (κ1) is 23.5. The third-order valence-electron chi connectivity index (χ3n) is 6.79. The molecule has 4 aromatic carbocycles. The van der Waals surface area contributed by atoms with Gasteiger partial charge in [0, 0.05) is 24.1 Å².